The summed E-state index contributed by atoms with van der Waals surface area (Å²) in [6.07, 6.45) is -0.155. The summed E-state index contributed by atoms with van der Waals surface area (Å²) in [6, 6.07) is 16.2. The van der Waals surface area contributed by atoms with E-state index in [9.17, 15) is 14.7 Å². The SMILES string of the molecule is COc1cccc(CNC(=O)c2cc(CC(=O)O)c(-c3ccc(Cl)cc3)s2)c1. The van der Waals surface area contributed by atoms with Gasteiger partial charge in [0.1, 0.15) is 5.75 Å². The van der Waals surface area contributed by atoms with Crippen LogP contribution in [0.5, 0.6) is 5.75 Å². The van der Waals surface area contributed by atoms with Crippen LogP contribution < -0.4 is 10.1 Å². The van der Waals surface area contributed by atoms with Crippen LogP contribution in [0, 0.1) is 0 Å². The topological polar surface area (TPSA) is 75.6 Å². The van der Waals surface area contributed by atoms with Gasteiger partial charge in [0, 0.05) is 16.4 Å². The highest BCUT2D eigenvalue weighted by molar-refractivity contribution is 7.17. The van der Waals surface area contributed by atoms with Gasteiger partial charge >= 0.3 is 5.97 Å². The number of thiophene rings is 1. The Morgan fingerprint density at radius 3 is 2.57 bits per heavy atom. The number of aliphatic carboxylic acids is 1. The minimum Gasteiger partial charge on any atom is -0.497 e. The zero-order chi connectivity index (χ0) is 20.1. The summed E-state index contributed by atoms with van der Waals surface area (Å²) < 4.78 is 5.18. The minimum absolute atomic E-state index is 0.155. The van der Waals surface area contributed by atoms with Crippen molar-refractivity contribution < 1.29 is 19.4 Å². The van der Waals surface area contributed by atoms with E-state index in [2.05, 4.69) is 5.32 Å². The molecular formula is C21H18ClNO4S. The monoisotopic (exact) mass is 415 g/mol. The fraction of sp³-hybridized carbons (Fsp3) is 0.143. The number of carboxylic acids is 1. The molecule has 0 saturated heterocycles. The summed E-state index contributed by atoms with van der Waals surface area (Å²) in [5.41, 5.74) is 2.34. The van der Waals surface area contributed by atoms with Crippen LogP contribution in [0.25, 0.3) is 10.4 Å². The lowest BCUT2D eigenvalue weighted by atomic mass is 10.1. The molecule has 0 fully saturated rings. The van der Waals surface area contributed by atoms with Gasteiger partial charge in [-0.3, -0.25) is 9.59 Å². The number of amides is 1. The maximum absolute atomic E-state index is 12.6. The maximum Gasteiger partial charge on any atom is 0.307 e. The van der Waals surface area contributed by atoms with Crippen LogP contribution in [0.4, 0.5) is 0 Å². The number of carbonyl (C=O) groups excluding carboxylic acids is 1. The Balaban J connectivity index is 1.81. The second kappa shape index (κ2) is 8.91. The summed E-state index contributed by atoms with van der Waals surface area (Å²) >= 11 is 7.20. The molecule has 0 saturated carbocycles. The first-order valence-corrected chi connectivity index (χ1v) is 9.67. The summed E-state index contributed by atoms with van der Waals surface area (Å²) in [7, 11) is 1.59. The number of benzene rings is 2. The maximum atomic E-state index is 12.6. The van der Waals surface area contributed by atoms with Crippen molar-refractivity contribution >= 4 is 34.8 Å². The van der Waals surface area contributed by atoms with E-state index in [0.717, 1.165) is 21.8 Å². The average molecular weight is 416 g/mol. The van der Waals surface area contributed by atoms with E-state index >= 15 is 0 Å². The molecule has 1 amide bonds. The van der Waals surface area contributed by atoms with Crippen molar-refractivity contribution in [3.05, 3.63) is 75.6 Å². The Kier molecular flexibility index (Phi) is 6.34. The molecule has 3 rings (SSSR count). The number of hydrogen-bond donors (Lipinski definition) is 2. The Hall–Kier alpha value is -2.83. The van der Waals surface area contributed by atoms with Gasteiger partial charge in [-0.2, -0.15) is 0 Å². The van der Waals surface area contributed by atoms with Crippen molar-refractivity contribution in [3.63, 3.8) is 0 Å². The molecule has 0 atom stereocenters. The fourth-order valence-corrected chi connectivity index (χ4v) is 3.96. The predicted octanol–water partition coefficient (Wildman–Crippen LogP) is 4.63. The second-order valence-electron chi connectivity index (χ2n) is 6.08. The van der Waals surface area contributed by atoms with Crippen molar-refractivity contribution in [2.24, 2.45) is 0 Å². The molecule has 2 N–H and O–H groups in total. The summed E-state index contributed by atoms with van der Waals surface area (Å²) in [5, 5.41) is 12.7. The molecule has 2 aromatic carbocycles. The number of hydrogen-bond acceptors (Lipinski definition) is 4. The molecule has 3 aromatic rings. The third-order valence-corrected chi connectivity index (χ3v) is 5.55. The number of carboxylic acid groups (broad SMARTS) is 1. The smallest absolute Gasteiger partial charge is 0.307 e. The van der Waals surface area contributed by atoms with E-state index in [4.69, 9.17) is 16.3 Å². The van der Waals surface area contributed by atoms with Gasteiger partial charge < -0.3 is 15.2 Å². The quantitative estimate of drug-likeness (QED) is 0.589. The van der Waals surface area contributed by atoms with Crippen LogP contribution in [0.3, 0.4) is 0 Å². The van der Waals surface area contributed by atoms with Crippen LogP contribution >= 0.6 is 22.9 Å². The highest BCUT2D eigenvalue weighted by Gasteiger charge is 2.18. The van der Waals surface area contributed by atoms with Gasteiger partial charge in [-0.1, -0.05) is 35.9 Å². The van der Waals surface area contributed by atoms with E-state index < -0.39 is 5.97 Å². The third kappa shape index (κ3) is 4.91. The summed E-state index contributed by atoms with van der Waals surface area (Å²) in [5.74, 6) is -0.479. The Morgan fingerprint density at radius 2 is 1.89 bits per heavy atom. The molecule has 0 aliphatic carbocycles. The van der Waals surface area contributed by atoms with E-state index in [-0.39, 0.29) is 12.3 Å². The van der Waals surface area contributed by atoms with Crippen LogP contribution in [0.1, 0.15) is 20.8 Å². The Bertz CT molecular complexity index is 998. The highest BCUT2D eigenvalue weighted by atomic mass is 35.5. The lowest BCUT2D eigenvalue weighted by molar-refractivity contribution is -0.136. The van der Waals surface area contributed by atoms with Gasteiger partial charge in [-0.05, 0) is 47.0 Å². The zero-order valence-corrected chi connectivity index (χ0v) is 16.6. The van der Waals surface area contributed by atoms with Crippen LogP contribution in [-0.2, 0) is 17.8 Å². The normalized spacial score (nSPS) is 10.5. The molecule has 0 radical (unpaired) electrons. The standard InChI is InChI=1S/C21H18ClNO4S/c1-27-17-4-2-3-13(9-17)12-23-21(26)18-10-15(11-19(24)25)20(28-18)14-5-7-16(22)8-6-14/h2-10H,11-12H2,1H3,(H,23,26)(H,24,25). The fourth-order valence-electron chi connectivity index (χ4n) is 2.73. The summed E-state index contributed by atoms with van der Waals surface area (Å²) in [4.78, 5) is 25.1. The van der Waals surface area contributed by atoms with Gasteiger partial charge in [0.25, 0.3) is 5.91 Å². The molecular weight excluding hydrogens is 398 g/mol. The largest absolute Gasteiger partial charge is 0.497 e. The minimum atomic E-state index is -0.948. The van der Waals surface area contributed by atoms with E-state index in [1.807, 2.05) is 36.4 Å². The number of nitrogens with one attached hydrogen (secondary N) is 1. The molecule has 7 heteroatoms. The molecule has 0 aliphatic heterocycles. The van der Waals surface area contributed by atoms with Crippen LogP contribution in [-0.4, -0.2) is 24.1 Å². The van der Waals surface area contributed by atoms with Crippen LogP contribution in [0.15, 0.2) is 54.6 Å². The molecule has 144 valence electrons. The first kappa shape index (κ1) is 19.9. The van der Waals surface area contributed by atoms with Crippen molar-refractivity contribution in [2.45, 2.75) is 13.0 Å². The molecule has 0 aliphatic rings. The zero-order valence-electron chi connectivity index (χ0n) is 15.1. The van der Waals surface area contributed by atoms with Gasteiger partial charge in [-0.25, -0.2) is 0 Å². The van der Waals surface area contributed by atoms with Gasteiger partial charge in [-0.15, -0.1) is 11.3 Å². The molecule has 28 heavy (non-hydrogen) atoms. The number of ether oxygens (including phenoxy) is 1. The van der Waals surface area contributed by atoms with E-state index in [1.54, 1.807) is 25.3 Å². The Morgan fingerprint density at radius 1 is 1.14 bits per heavy atom. The Labute approximate surface area is 171 Å². The van der Waals surface area contributed by atoms with Gasteiger partial charge in [0.2, 0.25) is 0 Å². The third-order valence-electron chi connectivity index (χ3n) is 4.07. The average Bonchev–Trinajstić information content (AvgIpc) is 3.10. The van der Waals surface area contributed by atoms with Crippen LogP contribution in [0.2, 0.25) is 5.02 Å². The molecule has 1 aromatic heterocycles. The number of carbonyl (C=O) groups is 2. The second-order valence-corrected chi connectivity index (χ2v) is 7.57. The van der Waals surface area contributed by atoms with Crippen molar-refractivity contribution in [1.82, 2.24) is 5.32 Å². The first-order chi connectivity index (χ1) is 13.5. The number of rotatable bonds is 7. The highest BCUT2D eigenvalue weighted by Crippen LogP contribution is 2.34. The number of halogens is 1. The molecule has 0 spiro atoms. The lowest BCUT2D eigenvalue weighted by Crippen LogP contribution is -2.21. The van der Waals surface area contributed by atoms with E-state index in [0.29, 0.717) is 22.0 Å². The van der Waals surface area contributed by atoms with Crippen molar-refractivity contribution in [3.8, 4) is 16.2 Å². The predicted molar refractivity (Wildman–Crippen MR) is 110 cm³/mol. The van der Waals surface area contributed by atoms with Gasteiger partial charge in [0.15, 0.2) is 0 Å². The van der Waals surface area contributed by atoms with E-state index in [1.165, 1.54) is 11.3 Å². The molecule has 0 bridgehead atoms. The molecule has 1 heterocycles. The van der Waals surface area contributed by atoms with Crippen molar-refractivity contribution in [1.29, 1.82) is 0 Å². The molecule has 5 nitrogen and oxygen atoms in total. The summed E-state index contributed by atoms with van der Waals surface area (Å²) in [6.45, 7) is 0.346. The number of methoxy groups -OCH3 is 1. The lowest BCUT2D eigenvalue weighted by Gasteiger charge is -2.06. The first-order valence-electron chi connectivity index (χ1n) is 8.48. The van der Waals surface area contributed by atoms with Gasteiger partial charge in [0.05, 0.1) is 18.4 Å². The molecule has 0 unspecified atom stereocenters. The van der Waals surface area contributed by atoms with Crippen molar-refractivity contribution in [2.75, 3.05) is 7.11 Å².